The van der Waals surface area contributed by atoms with Gasteiger partial charge in [-0.05, 0) is 17.7 Å². The Morgan fingerprint density at radius 3 is 2.61 bits per heavy atom. The van der Waals surface area contributed by atoms with Crippen LogP contribution in [0.2, 0.25) is 0 Å². The van der Waals surface area contributed by atoms with Crippen molar-refractivity contribution in [2.24, 2.45) is 0 Å². The summed E-state index contributed by atoms with van der Waals surface area (Å²) in [6.07, 6.45) is 1.67. The average molecular weight is 484 g/mol. The van der Waals surface area contributed by atoms with Crippen LogP contribution in [0.1, 0.15) is 18.2 Å². The van der Waals surface area contributed by atoms with E-state index in [1.54, 1.807) is 11.1 Å². The number of carbonyl (C=O) groups excluding carboxylic acids is 2. The summed E-state index contributed by atoms with van der Waals surface area (Å²) < 4.78 is 51.7. The number of ether oxygens (including phenoxy) is 2. The molecule has 1 aromatic heterocycles. The predicted molar refractivity (Wildman–Crippen MR) is 113 cm³/mol. The van der Waals surface area contributed by atoms with E-state index in [4.69, 9.17) is 9.47 Å². The first-order valence-electron chi connectivity index (χ1n) is 10.2. The number of methoxy groups -OCH3 is 1. The third kappa shape index (κ3) is 6.79. The summed E-state index contributed by atoms with van der Waals surface area (Å²) in [5.41, 5.74) is 1.13. The van der Waals surface area contributed by atoms with Gasteiger partial charge in [0, 0.05) is 39.3 Å². The van der Waals surface area contributed by atoms with Gasteiger partial charge in [-0.25, -0.2) is 17.5 Å². The van der Waals surface area contributed by atoms with Gasteiger partial charge in [-0.15, -0.1) is 5.10 Å². The summed E-state index contributed by atoms with van der Waals surface area (Å²) in [5.74, 6) is -1.71. The zero-order valence-corrected chi connectivity index (χ0v) is 19.2. The second-order valence-electron chi connectivity index (χ2n) is 7.57. The molecule has 2 aromatic rings. The monoisotopic (exact) mass is 483 g/mol. The van der Waals surface area contributed by atoms with E-state index in [1.165, 1.54) is 43.0 Å². The van der Waals surface area contributed by atoms with Crippen molar-refractivity contribution in [3.05, 3.63) is 47.5 Å². The number of aromatic nitrogens is 3. The van der Waals surface area contributed by atoms with Gasteiger partial charge in [0.15, 0.2) is 0 Å². The molecule has 0 spiro atoms. The van der Waals surface area contributed by atoms with Crippen molar-refractivity contribution in [2.75, 3.05) is 32.6 Å². The van der Waals surface area contributed by atoms with Crippen LogP contribution in [0.4, 0.5) is 4.39 Å². The van der Waals surface area contributed by atoms with Gasteiger partial charge in [0.1, 0.15) is 18.5 Å². The molecular weight excluding hydrogens is 457 g/mol. The second kappa shape index (κ2) is 10.8. The second-order valence-corrected chi connectivity index (χ2v) is 9.62. The molecule has 1 fully saturated rings. The number of rotatable bonds is 8. The van der Waals surface area contributed by atoms with Gasteiger partial charge in [-0.1, -0.05) is 17.3 Å². The lowest BCUT2D eigenvalue weighted by Crippen LogP contribution is -2.48. The molecule has 180 valence electrons. The van der Waals surface area contributed by atoms with Crippen molar-refractivity contribution < 1.29 is 31.9 Å². The maximum absolute atomic E-state index is 13.3. The number of hydrogen-bond acceptors (Lipinski definition) is 9. The Balaban J connectivity index is 1.75. The van der Waals surface area contributed by atoms with Crippen LogP contribution in [0.25, 0.3) is 0 Å². The van der Waals surface area contributed by atoms with Crippen LogP contribution in [0.3, 0.4) is 0 Å². The molecular formula is C20H26FN5O6S. The van der Waals surface area contributed by atoms with E-state index in [2.05, 4.69) is 10.3 Å². The summed E-state index contributed by atoms with van der Waals surface area (Å²) in [5, 5.41) is 8.05. The smallest absolute Gasteiger partial charge is 0.325 e. The number of benzene rings is 1. The molecule has 1 aromatic carbocycles. The highest BCUT2D eigenvalue weighted by molar-refractivity contribution is 7.89. The number of esters is 2. The van der Waals surface area contributed by atoms with Crippen molar-refractivity contribution in [3.63, 3.8) is 0 Å². The lowest BCUT2D eigenvalue weighted by Gasteiger charge is -2.28. The minimum Gasteiger partial charge on any atom is -0.468 e. The maximum Gasteiger partial charge on any atom is 0.325 e. The van der Waals surface area contributed by atoms with Crippen LogP contribution in [0.5, 0.6) is 0 Å². The van der Waals surface area contributed by atoms with E-state index in [-0.39, 0.29) is 44.5 Å². The largest absolute Gasteiger partial charge is 0.468 e. The number of carbonyl (C=O) groups is 2. The van der Waals surface area contributed by atoms with E-state index in [0.29, 0.717) is 17.8 Å². The third-order valence-corrected chi connectivity index (χ3v) is 6.92. The number of sulfonamides is 1. The quantitative estimate of drug-likeness (QED) is 0.483. The Morgan fingerprint density at radius 2 is 1.94 bits per heavy atom. The number of hydrogen-bond donors (Lipinski definition) is 0. The van der Waals surface area contributed by atoms with Crippen LogP contribution < -0.4 is 0 Å². The van der Waals surface area contributed by atoms with E-state index in [1.807, 2.05) is 0 Å². The zero-order valence-electron chi connectivity index (χ0n) is 18.4. The Morgan fingerprint density at radius 1 is 1.21 bits per heavy atom. The fourth-order valence-electron chi connectivity index (χ4n) is 3.46. The molecule has 1 aliphatic heterocycles. The van der Waals surface area contributed by atoms with Gasteiger partial charge in [-0.2, -0.15) is 4.31 Å². The molecule has 0 saturated carbocycles. The van der Waals surface area contributed by atoms with Crippen LogP contribution in [0.15, 0.2) is 30.5 Å². The molecule has 0 bridgehead atoms. The van der Waals surface area contributed by atoms with Crippen molar-refractivity contribution in [1.29, 1.82) is 0 Å². The fourth-order valence-corrected chi connectivity index (χ4v) is 5.07. The van der Waals surface area contributed by atoms with Gasteiger partial charge < -0.3 is 9.47 Å². The Labute approximate surface area is 191 Å². The minimum atomic E-state index is -3.81. The van der Waals surface area contributed by atoms with Crippen LogP contribution in [-0.2, 0) is 48.7 Å². The number of nitrogens with zero attached hydrogens (tertiary/aromatic N) is 5. The van der Waals surface area contributed by atoms with E-state index in [0.717, 1.165) is 4.31 Å². The summed E-state index contributed by atoms with van der Waals surface area (Å²) in [6.45, 7) is 2.25. The zero-order chi connectivity index (χ0) is 24.0. The van der Waals surface area contributed by atoms with Crippen molar-refractivity contribution in [2.45, 2.75) is 32.6 Å². The summed E-state index contributed by atoms with van der Waals surface area (Å²) in [4.78, 5) is 25.2. The highest BCUT2D eigenvalue weighted by atomic mass is 32.2. The van der Waals surface area contributed by atoms with Gasteiger partial charge in [-0.3, -0.25) is 14.5 Å². The molecule has 2 heterocycles. The molecule has 33 heavy (non-hydrogen) atoms. The van der Waals surface area contributed by atoms with E-state index < -0.39 is 27.9 Å². The molecule has 0 N–H and O–H groups in total. The van der Waals surface area contributed by atoms with E-state index in [9.17, 15) is 22.4 Å². The van der Waals surface area contributed by atoms with E-state index >= 15 is 0 Å². The molecule has 1 atom stereocenters. The molecule has 1 saturated heterocycles. The molecule has 3 rings (SSSR count). The molecule has 0 radical (unpaired) electrons. The molecule has 0 amide bonds. The van der Waals surface area contributed by atoms with Crippen molar-refractivity contribution >= 4 is 22.0 Å². The summed E-state index contributed by atoms with van der Waals surface area (Å²) >= 11 is 0. The standard InChI is InChI=1S/C20H26FN5O6S/c1-15(27)32-9-7-25-13-18(22-23-25)12-24-8-10-33(29,30)26(19(14-24)20(28)31-2)11-16-3-5-17(21)6-4-16/h3-6,13,19H,7-12,14H2,1-2H3. The first kappa shape index (κ1) is 24.7. The van der Waals surface area contributed by atoms with Crippen LogP contribution in [0, 0.1) is 5.82 Å². The lowest BCUT2D eigenvalue weighted by atomic mass is 10.2. The summed E-state index contributed by atoms with van der Waals surface area (Å²) in [6, 6.07) is 4.37. The van der Waals surface area contributed by atoms with Gasteiger partial charge in [0.25, 0.3) is 0 Å². The maximum atomic E-state index is 13.3. The summed E-state index contributed by atoms with van der Waals surface area (Å²) in [7, 11) is -2.60. The highest BCUT2D eigenvalue weighted by Gasteiger charge is 2.39. The van der Waals surface area contributed by atoms with Crippen LogP contribution in [-0.4, -0.2) is 83.2 Å². The number of halogens is 1. The molecule has 0 aliphatic carbocycles. The lowest BCUT2D eigenvalue weighted by molar-refractivity contribution is -0.146. The van der Waals surface area contributed by atoms with Gasteiger partial charge in [0.2, 0.25) is 10.0 Å². The first-order valence-corrected chi connectivity index (χ1v) is 11.9. The van der Waals surface area contributed by atoms with Gasteiger partial charge in [0.05, 0.1) is 25.1 Å². The molecule has 1 unspecified atom stereocenters. The average Bonchev–Trinajstić information content (AvgIpc) is 3.17. The Kier molecular flexibility index (Phi) is 8.10. The fraction of sp³-hybridized carbons (Fsp3) is 0.500. The molecule has 13 heteroatoms. The van der Waals surface area contributed by atoms with Crippen LogP contribution >= 0.6 is 0 Å². The Hall–Kier alpha value is -2.90. The van der Waals surface area contributed by atoms with Gasteiger partial charge >= 0.3 is 11.9 Å². The first-order chi connectivity index (χ1) is 15.7. The third-order valence-electron chi connectivity index (χ3n) is 5.12. The minimum absolute atomic E-state index is 0.0808. The van der Waals surface area contributed by atoms with Crippen molar-refractivity contribution in [3.8, 4) is 0 Å². The SMILES string of the molecule is COC(=O)C1CN(Cc2cn(CCOC(C)=O)nn2)CCS(=O)(=O)N1Cc1ccc(F)cc1. The topological polar surface area (TPSA) is 124 Å². The Bertz CT molecular complexity index is 1070. The predicted octanol–water partition coefficient (Wildman–Crippen LogP) is 0.170. The highest BCUT2D eigenvalue weighted by Crippen LogP contribution is 2.21. The van der Waals surface area contributed by atoms with Crippen molar-refractivity contribution in [1.82, 2.24) is 24.2 Å². The normalized spacial score (nSPS) is 19.1. The molecule has 1 aliphatic rings. The molecule has 11 nitrogen and oxygen atoms in total.